The molecule has 0 aliphatic heterocycles. The van der Waals surface area contributed by atoms with Crippen molar-refractivity contribution in [1.29, 1.82) is 0 Å². The molecule has 1 atom stereocenters. The third-order valence-corrected chi connectivity index (χ3v) is 7.28. The molecule has 2 N–H and O–H groups in total. The van der Waals surface area contributed by atoms with Crippen molar-refractivity contribution in [3.63, 3.8) is 0 Å². The second-order valence-electron chi connectivity index (χ2n) is 8.03. The zero-order valence-corrected chi connectivity index (χ0v) is 21.3. The number of nitrogens with one attached hydrogen (secondary N) is 2. The lowest BCUT2D eigenvalue weighted by molar-refractivity contribution is -0.117. The normalized spacial score (nSPS) is 12.1. The molecule has 3 aromatic carbocycles. The summed E-state index contributed by atoms with van der Waals surface area (Å²) in [7, 11) is -1.14. The lowest BCUT2D eigenvalue weighted by Crippen LogP contribution is -2.45. The molecule has 0 saturated heterocycles. The number of ether oxygens (including phenoxy) is 2. The number of para-hydroxylation sites is 1. The van der Waals surface area contributed by atoms with Crippen molar-refractivity contribution in [3.05, 3.63) is 83.4 Å². The van der Waals surface area contributed by atoms with Gasteiger partial charge >= 0.3 is 0 Å². The molecule has 35 heavy (non-hydrogen) atoms. The van der Waals surface area contributed by atoms with E-state index in [1.165, 1.54) is 32.4 Å². The largest absolute Gasteiger partial charge is 0.493 e. The van der Waals surface area contributed by atoms with E-state index in [2.05, 4.69) is 10.0 Å². The highest BCUT2D eigenvalue weighted by Crippen LogP contribution is 2.29. The van der Waals surface area contributed by atoms with Crippen LogP contribution in [0.4, 0.5) is 5.69 Å². The Morgan fingerprint density at radius 2 is 1.49 bits per heavy atom. The minimum absolute atomic E-state index is 0.0239. The maximum atomic E-state index is 13.5. The average Bonchev–Trinajstić information content (AvgIpc) is 2.88. The molecule has 7 nitrogen and oxygen atoms in total. The van der Waals surface area contributed by atoms with Crippen LogP contribution >= 0.6 is 0 Å². The van der Waals surface area contributed by atoms with E-state index in [0.29, 0.717) is 5.75 Å². The van der Waals surface area contributed by atoms with Gasteiger partial charge in [-0.25, -0.2) is 8.42 Å². The summed E-state index contributed by atoms with van der Waals surface area (Å²) in [5.74, 6) is 0.269. The third-order valence-electron chi connectivity index (χ3n) is 5.81. The van der Waals surface area contributed by atoms with Crippen LogP contribution in [0.25, 0.3) is 0 Å². The van der Waals surface area contributed by atoms with Crippen LogP contribution < -0.4 is 19.5 Å². The second kappa shape index (κ2) is 11.9. The number of aryl methyl sites for hydroxylation is 2. The number of sulfonamides is 1. The molecule has 0 bridgehead atoms. The quantitative estimate of drug-likeness (QED) is 0.412. The SMILES string of the molecule is CCc1cccc(CC)c1NC(=O)[C@H](Cc1ccccc1)NS(=O)(=O)c1ccc(OC)c(OC)c1. The van der Waals surface area contributed by atoms with Crippen molar-refractivity contribution >= 4 is 21.6 Å². The summed E-state index contributed by atoms with van der Waals surface area (Å²) in [5.41, 5.74) is 3.57. The standard InChI is InChI=1S/C27H32N2O5S/c1-5-20-13-10-14-21(6-2)26(20)28-27(30)23(17-19-11-8-7-9-12-19)29-35(31,32)22-15-16-24(33-3)25(18-22)34-4/h7-16,18,23,29H,5-6,17H2,1-4H3,(H,28,30)/t23-/m0/s1. The summed E-state index contributed by atoms with van der Waals surface area (Å²) in [6.45, 7) is 4.04. The number of benzene rings is 3. The Balaban J connectivity index is 1.95. The van der Waals surface area contributed by atoms with Gasteiger partial charge < -0.3 is 14.8 Å². The van der Waals surface area contributed by atoms with Crippen LogP contribution in [0.2, 0.25) is 0 Å². The van der Waals surface area contributed by atoms with Gasteiger partial charge in [-0.3, -0.25) is 4.79 Å². The zero-order chi connectivity index (χ0) is 25.4. The molecule has 186 valence electrons. The number of carbonyl (C=O) groups is 1. The molecule has 3 aromatic rings. The van der Waals surface area contributed by atoms with Gasteiger partial charge in [0.25, 0.3) is 0 Å². The smallest absolute Gasteiger partial charge is 0.242 e. The second-order valence-corrected chi connectivity index (χ2v) is 9.74. The summed E-state index contributed by atoms with van der Waals surface area (Å²) >= 11 is 0. The summed E-state index contributed by atoms with van der Waals surface area (Å²) in [6, 6.07) is 18.5. The molecule has 1 amide bonds. The summed E-state index contributed by atoms with van der Waals surface area (Å²) in [6.07, 6.45) is 1.67. The molecule has 0 unspecified atom stereocenters. The Labute approximate surface area is 207 Å². The van der Waals surface area contributed by atoms with Gasteiger partial charge in [0.15, 0.2) is 11.5 Å². The minimum atomic E-state index is -4.05. The first-order chi connectivity index (χ1) is 16.8. The van der Waals surface area contributed by atoms with Gasteiger partial charge in [-0.2, -0.15) is 4.72 Å². The van der Waals surface area contributed by atoms with Gasteiger partial charge in [0, 0.05) is 11.8 Å². The molecule has 8 heteroatoms. The molecular weight excluding hydrogens is 464 g/mol. The number of methoxy groups -OCH3 is 2. The Hall–Kier alpha value is -3.36. The highest BCUT2D eigenvalue weighted by atomic mass is 32.2. The first-order valence-corrected chi connectivity index (χ1v) is 13.0. The molecule has 0 aliphatic carbocycles. The summed E-state index contributed by atoms with van der Waals surface area (Å²) < 4.78 is 39.7. The lowest BCUT2D eigenvalue weighted by atomic mass is 10.0. The fraction of sp³-hybridized carbons (Fsp3) is 0.296. The number of anilines is 1. The molecule has 0 aliphatic rings. The molecule has 0 saturated carbocycles. The van der Waals surface area contributed by atoms with Gasteiger partial charge in [0.1, 0.15) is 6.04 Å². The monoisotopic (exact) mass is 496 g/mol. The molecule has 0 fully saturated rings. The van der Waals surface area contributed by atoms with Crippen LogP contribution in [-0.2, 0) is 34.1 Å². The summed E-state index contributed by atoms with van der Waals surface area (Å²) in [4.78, 5) is 13.5. The van der Waals surface area contributed by atoms with E-state index in [-0.39, 0.29) is 17.1 Å². The Kier molecular flexibility index (Phi) is 8.89. The van der Waals surface area contributed by atoms with Crippen molar-refractivity contribution in [2.75, 3.05) is 19.5 Å². The molecule has 0 heterocycles. The first kappa shape index (κ1) is 26.2. The van der Waals surface area contributed by atoms with Crippen molar-refractivity contribution in [2.24, 2.45) is 0 Å². The topological polar surface area (TPSA) is 93.7 Å². The predicted molar refractivity (Wildman–Crippen MR) is 138 cm³/mol. The Bertz CT molecular complexity index is 1240. The van der Waals surface area contributed by atoms with Crippen LogP contribution in [0.5, 0.6) is 11.5 Å². The van der Waals surface area contributed by atoms with E-state index < -0.39 is 22.0 Å². The average molecular weight is 497 g/mol. The third kappa shape index (κ3) is 6.41. The van der Waals surface area contributed by atoms with Crippen LogP contribution in [-0.4, -0.2) is 34.6 Å². The van der Waals surface area contributed by atoms with E-state index in [4.69, 9.17) is 9.47 Å². The molecule has 0 aromatic heterocycles. The Morgan fingerprint density at radius 3 is 2.06 bits per heavy atom. The molecular formula is C27H32N2O5S. The lowest BCUT2D eigenvalue weighted by Gasteiger charge is -2.21. The van der Waals surface area contributed by atoms with Crippen molar-refractivity contribution in [3.8, 4) is 11.5 Å². The van der Waals surface area contributed by atoms with Crippen LogP contribution in [0.15, 0.2) is 71.6 Å². The maximum absolute atomic E-state index is 13.5. The van der Waals surface area contributed by atoms with E-state index in [1.807, 2.05) is 62.4 Å². The van der Waals surface area contributed by atoms with Gasteiger partial charge in [-0.15, -0.1) is 0 Å². The number of carbonyl (C=O) groups excluding carboxylic acids is 1. The fourth-order valence-electron chi connectivity index (χ4n) is 3.89. The minimum Gasteiger partial charge on any atom is -0.493 e. The predicted octanol–water partition coefficient (Wildman–Crippen LogP) is 4.36. The van der Waals surface area contributed by atoms with Gasteiger partial charge in [-0.1, -0.05) is 62.4 Å². The summed E-state index contributed by atoms with van der Waals surface area (Å²) in [5, 5.41) is 3.01. The highest BCUT2D eigenvalue weighted by Gasteiger charge is 2.28. The fourth-order valence-corrected chi connectivity index (χ4v) is 5.10. The van der Waals surface area contributed by atoms with E-state index >= 15 is 0 Å². The van der Waals surface area contributed by atoms with E-state index in [0.717, 1.165) is 35.2 Å². The highest BCUT2D eigenvalue weighted by molar-refractivity contribution is 7.89. The van der Waals surface area contributed by atoms with Gasteiger partial charge in [0.2, 0.25) is 15.9 Å². The Morgan fingerprint density at radius 1 is 0.857 bits per heavy atom. The van der Waals surface area contributed by atoms with Crippen molar-refractivity contribution in [2.45, 2.75) is 44.0 Å². The number of amides is 1. The molecule has 0 spiro atoms. The number of hydrogen-bond acceptors (Lipinski definition) is 5. The van der Waals surface area contributed by atoms with Crippen LogP contribution in [0.1, 0.15) is 30.5 Å². The van der Waals surface area contributed by atoms with E-state index in [9.17, 15) is 13.2 Å². The number of hydrogen-bond donors (Lipinski definition) is 2. The molecule has 3 rings (SSSR count). The van der Waals surface area contributed by atoms with Gasteiger partial charge in [0.05, 0.1) is 19.1 Å². The zero-order valence-electron chi connectivity index (χ0n) is 20.5. The maximum Gasteiger partial charge on any atom is 0.242 e. The van der Waals surface area contributed by atoms with Gasteiger partial charge in [-0.05, 0) is 48.1 Å². The number of rotatable bonds is 11. The van der Waals surface area contributed by atoms with Crippen LogP contribution in [0.3, 0.4) is 0 Å². The first-order valence-electron chi connectivity index (χ1n) is 11.5. The molecule has 0 radical (unpaired) electrons. The van der Waals surface area contributed by atoms with E-state index in [1.54, 1.807) is 0 Å². The van der Waals surface area contributed by atoms with Crippen molar-refractivity contribution in [1.82, 2.24) is 4.72 Å². The van der Waals surface area contributed by atoms with Crippen LogP contribution in [0, 0.1) is 0 Å². The van der Waals surface area contributed by atoms with Crippen molar-refractivity contribution < 1.29 is 22.7 Å².